The third-order valence-corrected chi connectivity index (χ3v) is 6.36. The number of aromatic amines is 1. The van der Waals surface area contributed by atoms with E-state index < -0.39 is 5.09 Å². The number of hydrogen-bond acceptors (Lipinski definition) is 4. The summed E-state index contributed by atoms with van der Waals surface area (Å²) in [6.07, 6.45) is 6.39. The largest absolute Gasteiger partial charge is 0.349 e. The number of nitrogens with one attached hydrogen (secondary N) is 1. The van der Waals surface area contributed by atoms with Gasteiger partial charge in [-0.05, 0) is 42.7 Å². The van der Waals surface area contributed by atoms with Crippen LogP contribution in [0.15, 0.2) is 59.8 Å². The molecule has 0 spiro atoms. The highest BCUT2D eigenvalue weighted by atomic mass is 35.5. The number of nitrogens with zero attached hydrogens (tertiary/aromatic N) is 2. The van der Waals surface area contributed by atoms with Crippen molar-refractivity contribution in [2.24, 2.45) is 0 Å². The fourth-order valence-electron chi connectivity index (χ4n) is 2.57. The number of halogens is 3. The van der Waals surface area contributed by atoms with E-state index >= 15 is 0 Å². The van der Waals surface area contributed by atoms with Gasteiger partial charge in [0.25, 0.3) is 5.09 Å². The molecule has 0 saturated heterocycles. The lowest BCUT2D eigenvalue weighted by atomic mass is 10.1. The summed E-state index contributed by atoms with van der Waals surface area (Å²) in [5.74, 6) is 0.969. The molecule has 1 aromatic heterocycles. The average molecular weight is 475 g/mol. The van der Waals surface area contributed by atoms with Gasteiger partial charge in [0.15, 0.2) is 0 Å². The molecule has 1 atom stereocenters. The molecule has 2 N–H and O–H groups in total. The standard InChI is InChI=1S/C19H17Cl3N2S.HNO3/c20-14-7-4-13(5-8-14)6-9-15(12-18-23-10-11-24-18)25-19-16(21)2-1-3-17(19)22;2-1(3)4/h1-5,7-8,10-11,15H,6,9,12H2,(H,23,24);(H,2,3,4). The second kappa shape index (κ2) is 11.9. The summed E-state index contributed by atoms with van der Waals surface area (Å²) in [5.41, 5.74) is 1.26. The molecular formula is C19H18Cl3N3O3S. The van der Waals surface area contributed by atoms with Crippen LogP contribution in [0.3, 0.4) is 0 Å². The van der Waals surface area contributed by atoms with Crippen LogP contribution in [0.1, 0.15) is 17.8 Å². The molecule has 3 aromatic rings. The first-order chi connectivity index (χ1) is 13.8. The van der Waals surface area contributed by atoms with Gasteiger partial charge in [-0.25, -0.2) is 4.98 Å². The first kappa shape index (κ1) is 23.3. The lowest BCUT2D eigenvalue weighted by molar-refractivity contribution is -0.742. The number of benzene rings is 2. The van der Waals surface area contributed by atoms with Gasteiger partial charge < -0.3 is 10.2 Å². The van der Waals surface area contributed by atoms with Gasteiger partial charge in [-0.3, -0.25) is 0 Å². The van der Waals surface area contributed by atoms with E-state index in [1.165, 1.54) is 5.56 Å². The summed E-state index contributed by atoms with van der Waals surface area (Å²) >= 11 is 20.4. The minimum Gasteiger partial charge on any atom is -0.349 e. The molecule has 6 nitrogen and oxygen atoms in total. The van der Waals surface area contributed by atoms with Crippen LogP contribution in [0.4, 0.5) is 0 Å². The fourth-order valence-corrected chi connectivity index (χ4v) is 4.53. The summed E-state index contributed by atoms with van der Waals surface area (Å²) < 4.78 is 0. The van der Waals surface area contributed by atoms with Crippen molar-refractivity contribution >= 4 is 46.6 Å². The Labute approximate surface area is 187 Å². The molecule has 1 heterocycles. The van der Waals surface area contributed by atoms with Crippen molar-refractivity contribution in [3.8, 4) is 0 Å². The Morgan fingerprint density at radius 1 is 1.14 bits per heavy atom. The van der Waals surface area contributed by atoms with E-state index in [0.717, 1.165) is 35.0 Å². The summed E-state index contributed by atoms with van der Waals surface area (Å²) in [5, 5.41) is 16.1. The van der Waals surface area contributed by atoms with Crippen molar-refractivity contribution in [3.63, 3.8) is 0 Å². The van der Waals surface area contributed by atoms with Crippen LogP contribution in [0.25, 0.3) is 0 Å². The van der Waals surface area contributed by atoms with E-state index in [1.54, 1.807) is 18.0 Å². The average Bonchev–Trinajstić information content (AvgIpc) is 3.16. The summed E-state index contributed by atoms with van der Waals surface area (Å²) in [4.78, 5) is 16.8. The maximum atomic E-state index is 8.36. The maximum Gasteiger partial charge on any atom is 0.291 e. The molecule has 0 radical (unpaired) electrons. The Hall–Kier alpha value is -1.93. The third kappa shape index (κ3) is 8.53. The van der Waals surface area contributed by atoms with E-state index in [-0.39, 0.29) is 0 Å². The molecule has 29 heavy (non-hydrogen) atoms. The lowest BCUT2D eigenvalue weighted by Gasteiger charge is -2.17. The van der Waals surface area contributed by atoms with Gasteiger partial charge >= 0.3 is 0 Å². The third-order valence-electron chi connectivity index (χ3n) is 3.85. The molecule has 0 amide bonds. The van der Waals surface area contributed by atoms with Crippen LogP contribution in [-0.4, -0.2) is 25.5 Å². The van der Waals surface area contributed by atoms with E-state index in [2.05, 4.69) is 22.1 Å². The van der Waals surface area contributed by atoms with Gasteiger partial charge in [-0.2, -0.15) is 0 Å². The van der Waals surface area contributed by atoms with Crippen LogP contribution in [-0.2, 0) is 12.8 Å². The first-order valence-electron chi connectivity index (χ1n) is 8.51. The number of rotatable bonds is 7. The molecule has 0 aliphatic rings. The zero-order valence-electron chi connectivity index (χ0n) is 15.1. The number of H-pyrrole nitrogens is 1. The van der Waals surface area contributed by atoms with E-state index in [0.29, 0.717) is 15.3 Å². The Kier molecular flexibility index (Phi) is 9.60. The number of thioether (sulfide) groups is 1. The lowest BCUT2D eigenvalue weighted by Crippen LogP contribution is -2.10. The van der Waals surface area contributed by atoms with Gasteiger partial charge in [0, 0.05) is 34.0 Å². The monoisotopic (exact) mass is 473 g/mol. The Bertz CT molecular complexity index is 885. The Morgan fingerprint density at radius 3 is 2.31 bits per heavy atom. The molecule has 0 fully saturated rings. The molecule has 10 heteroatoms. The van der Waals surface area contributed by atoms with Crippen molar-refractivity contribution in [3.05, 3.63) is 91.4 Å². The molecule has 3 rings (SSSR count). The van der Waals surface area contributed by atoms with Gasteiger partial charge in [-0.1, -0.05) is 53.0 Å². The van der Waals surface area contributed by atoms with Gasteiger partial charge in [-0.15, -0.1) is 21.9 Å². The highest BCUT2D eigenvalue weighted by Gasteiger charge is 2.17. The minimum atomic E-state index is -1.50. The summed E-state index contributed by atoms with van der Waals surface area (Å²) in [7, 11) is 0. The zero-order valence-corrected chi connectivity index (χ0v) is 18.2. The maximum absolute atomic E-state index is 8.36. The second-order valence-corrected chi connectivity index (χ2v) is 8.50. The Morgan fingerprint density at radius 2 is 1.76 bits per heavy atom. The van der Waals surface area contributed by atoms with Crippen molar-refractivity contribution in [1.29, 1.82) is 0 Å². The van der Waals surface area contributed by atoms with E-state index in [1.807, 2.05) is 36.5 Å². The molecule has 0 bridgehead atoms. The van der Waals surface area contributed by atoms with Crippen molar-refractivity contribution in [1.82, 2.24) is 9.97 Å². The highest BCUT2D eigenvalue weighted by molar-refractivity contribution is 8.00. The number of aromatic nitrogens is 2. The first-order valence-corrected chi connectivity index (χ1v) is 10.5. The summed E-state index contributed by atoms with van der Waals surface area (Å²) in [6, 6.07) is 13.6. The molecule has 1 unspecified atom stereocenters. The predicted octanol–water partition coefficient (Wildman–Crippen LogP) is 6.36. The van der Waals surface area contributed by atoms with Crippen molar-refractivity contribution in [2.75, 3.05) is 0 Å². The van der Waals surface area contributed by atoms with Gasteiger partial charge in [0.05, 0.1) is 10.0 Å². The summed E-state index contributed by atoms with van der Waals surface area (Å²) in [6.45, 7) is 0. The fraction of sp³-hybridized carbons (Fsp3) is 0.211. The van der Waals surface area contributed by atoms with Crippen LogP contribution in [0, 0.1) is 10.1 Å². The molecule has 154 valence electrons. The molecule has 0 aliphatic carbocycles. The SMILES string of the molecule is Clc1ccc(CCC(Cc2ncc[nH]2)Sc2c(Cl)cccc2Cl)cc1.O=[N+]([O-])O. The van der Waals surface area contributed by atoms with E-state index in [9.17, 15) is 0 Å². The smallest absolute Gasteiger partial charge is 0.291 e. The quantitative estimate of drug-likeness (QED) is 0.236. The normalized spacial score (nSPS) is 11.4. The Balaban J connectivity index is 0.000000687. The van der Waals surface area contributed by atoms with Crippen LogP contribution in [0.2, 0.25) is 15.1 Å². The van der Waals surface area contributed by atoms with Crippen molar-refractivity contribution < 1.29 is 10.3 Å². The predicted molar refractivity (Wildman–Crippen MR) is 117 cm³/mol. The van der Waals surface area contributed by atoms with Crippen LogP contribution < -0.4 is 0 Å². The topological polar surface area (TPSA) is 92.0 Å². The molecule has 0 saturated carbocycles. The van der Waals surface area contributed by atoms with Gasteiger partial charge in [0.2, 0.25) is 0 Å². The van der Waals surface area contributed by atoms with Crippen LogP contribution >= 0.6 is 46.6 Å². The number of hydrogen-bond donors (Lipinski definition) is 2. The van der Waals surface area contributed by atoms with Crippen LogP contribution in [0.5, 0.6) is 0 Å². The molecule has 0 aliphatic heterocycles. The van der Waals surface area contributed by atoms with E-state index in [4.69, 9.17) is 50.1 Å². The number of aryl methyl sites for hydroxylation is 1. The molecule has 2 aromatic carbocycles. The highest BCUT2D eigenvalue weighted by Crippen LogP contribution is 2.38. The molecular weight excluding hydrogens is 457 g/mol. The number of imidazole rings is 1. The van der Waals surface area contributed by atoms with Gasteiger partial charge in [0.1, 0.15) is 5.82 Å². The minimum absolute atomic E-state index is 0.305. The van der Waals surface area contributed by atoms with Crippen molar-refractivity contribution in [2.45, 2.75) is 29.4 Å². The zero-order chi connectivity index (χ0) is 21.2. The second-order valence-electron chi connectivity index (χ2n) is 5.93.